The lowest BCUT2D eigenvalue weighted by Gasteiger charge is -2.26. The fourth-order valence-corrected chi connectivity index (χ4v) is 8.61. The van der Waals surface area contributed by atoms with Gasteiger partial charge in [-0.15, -0.1) is 0 Å². The van der Waals surface area contributed by atoms with Gasteiger partial charge in [-0.3, -0.25) is 0 Å². The normalized spacial score (nSPS) is 11.8. The van der Waals surface area contributed by atoms with Gasteiger partial charge in [-0.2, -0.15) is 0 Å². The summed E-state index contributed by atoms with van der Waals surface area (Å²) in [4.78, 5) is 4.64. The van der Waals surface area contributed by atoms with Crippen molar-refractivity contribution in [3.8, 4) is 0 Å². The molecule has 0 amide bonds. The Hall–Kier alpha value is -6.10. The summed E-state index contributed by atoms with van der Waals surface area (Å²) < 4.78 is 6.94. The van der Waals surface area contributed by atoms with Crippen LogP contribution in [-0.4, -0.2) is 8.07 Å². The molecule has 8 aromatic carbocycles. The lowest BCUT2D eigenvalue weighted by molar-refractivity contribution is 0.673. The fourth-order valence-electron chi connectivity index (χ4n) is 7.45. The van der Waals surface area contributed by atoms with Crippen LogP contribution in [0.4, 0.5) is 34.1 Å². The Bertz CT molecular complexity index is 2620. The van der Waals surface area contributed by atoms with Crippen molar-refractivity contribution in [3.05, 3.63) is 176 Å². The van der Waals surface area contributed by atoms with E-state index in [-0.39, 0.29) is 0 Å². The first kappa shape index (κ1) is 30.9. The highest BCUT2D eigenvalue weighted by Crippen LogP contribution is 2.45. The number of fused-ring (bicyclic) bond motifs is 8. The maximum atomic E-state index is 6.94. The number of hydrogen-bond acceptors (Lipinski definition) is 3. The van der Waals surface area contributed by atoms with Gasteiger partial charge in [0.15, 0.2) is 0 Å². The van der Waals surface area contributed by atoms with Crippen LogP contribution in [0, 0.1) is 0 Å². The zero-order chi connectivity index (χ0) is 34.5. The molecule has 0 aliphatic carbocycles. The quantitative estimate of drug-likeness (QED) is 0.124. The molecule has 9 rings (SSSR count). The van der Waals surface area contributed by atoms with Gasteiger partial charge < -0.3 is 14.2 Å². The van der Waals surface area contributed by atoms with E-state index in [1.807, 2.05) is 0 Å². The molecule has 0 bridgehead atoms. The van der Waals surface area contributed by atoms with Gasteiger partial charge in [-0.1, -0.05) is 116 Å². The number of hydrogen-bond donors (Lipinski definition) is 0. The minimum atomic E-state index is -1.43. The van der Waals surface area contributed by atoms with Crippen LogP contribution < -0.4 is 15.0 Å². The van der Waals surface area contributed by atoms with Crippen LogP contribution >= 0.6 is 0 Å². The SMILES string of the molecule is C[Si](C)(C)c1ccc(N(c2ccccc2)c2ccc3c(c2)oc2c4ccc(N(c5ccccc5)c5ccccc5)cc4c4ccccc4c32)cc1. The molecule has 0 fully saturated rings. The summed E-state index contributed by atoms with van der Waals surface area (Å²) in [5.74, 6) is 0. The molecule has 1 aromatic heterocycles. The van der Waals surface area contributed by atoms with E-state index in [0.29, 0.717) is 0 Å². The summed E-state index contributed by atoms with van der Waals surface area (Å²) in [5, 5.41) is 8.40. The zero-order valence-corrected chi connectivity index (χ0v) is 30.0. The molecule has 0 radical (unpaired) electrons. The summed E-state index contributed by atoms with van der Waals surface area (Å²) in [6.07, 6.45) is 0. The smallest absolute Gasteiger partial charge is 0.143 e. The molecule has 0 aliphatic heterocycles. The molecule has 3 nitrogen and oxygen atoms in total. The lowest BCUT2D eigenvalue weighted by atomic mass is 9.96. The second-order valence-electron chi connectivity index (χ2n) is 14.2. The van der Waals surface area contributed by atoms with E-state index in [4.69, 9.17) is 4.42 Å². The Kier molecular flexibility index (Phi) is 7.48. The van der Waals surface area contributed by atoms with Gasteiger partial charge in [-0.05, 0) is 95.0 Å². The number of rotatable bonds is 7. The molecule has 1 heterocycles. The van der Waals surface area contributed by atoms with E-state index in [1.54, 1.807) is 0 Å². The lowest BCUT2D eigenvalue weighted by Crippen LogP contribution is -2.37. The third-order valence-electron chi connectivity index (χ3n) is 9.96. The molecule has 246 valence electrons. The maximum absolute atomic E-state index is 6.94. The van der Waals surface area contributed by atoms with Gasteiger partial charge in [0.25, 0.3) is 0 Å². The number of furan rings is 1. The third kappa shape index (κ3) is 5.45. The molecule has 0 atom stereocenters. The Labute approximate surface area is 299 Å². The number of benzene rings is 8. The van der Waals surface area contributed by atoms with Crippen molar-refractivity contribution in [1.82, 2.24) is 0 Å². The summed E-state index contributed by atoms with van der Waals surface area (Å²) in [7, 11) is -1.43. The second-order valence-corrected chi connectivity index (χ2v) is 19.3. The number of anilines is 6. The van der Waals surface area contributed by atoms with Crippen LogP contribution in [0.5, 0.6) is 0 Å². The average Bonchev–Trinajstić information content (AvgIpc) is 3.56. The van der Waals surface area contributed by atoms with Crippen LogP contribution in [0.25, 0.3) is 43.5 Å². The largest absolute Gasteiger partial charge is 0.455 e. The number of nitrogens with zero attached hydrogens (tertiary/aromatic N) is 2. The van der Waals surface area contributed by atoms with Crippen molar-refractivity contribution in [2.24, 2.45) is 0 Å². The highest BCUT2D eigenvalue weighted by atomic mass is 28.3. The Morgan fingerprint density at radius 3 is 1.37 bits per heavy atom. The van der Waals surface area contributed by atoms with Crippen molar-refractivity contribution in [3.63, 3.8) is 0 Å². The van der Waals surface area contributed by atoms with Crippen molar-refractivity contribution >= 4 is 90.9 Å². The van der Waals surface area contributed by atoms with Crippen LogP contribution in [0.3, 0.4) is 0 Å². The van der Waals surface area contributed by atoms with Crippen LogP contribution in [-0.2, 0) is 0 Å². The predicted octanol–water partition coefficient (Wildman–Crippen LogP) is 13.4. The molecule has 0 unspecified atom stereocenters. The Morgan fingerprint density at radius 2 is 0.824 bits per heavy atom. The first-order chi connectivity index (χ1) is 24.9. The van der Waals surface area contributed by atoms with Crippen molar-refractivity contribution in [2.75, 3.05) is 9.80 Å². The summed E-state index contributed by atoms with van der Waals surface area (Å²) >= 11 is 0. The van der Waals surface area contributed by atoms with Crippen LogP contribution in [0.2, 0.25) is 19.6 Å². The minimum Gasteiger partial charge on any atom is -0.455 e. The fraction of sp³-hybridized carbons (Fsp3) is 0.0638. The molecule has 0 spiro atoms. The standard InChI is InChI=1S/C47H38N2OSi/c1-51(2,3)39-27-23-36(24-28-39)49(35-19-11-6-12-20-35)38-26-30-43-45(32-38)50-47-42-29-25-37(31-44(42)40-21-13-14-22-41(40)46(43)47)48(33-15-7-4-8-16-33)34-17-9-5-10-18-34/h4-32H,1-3H3. The first-order valence-corrected chi connectivity index (χ1v) is 21.1. The van der Waals surface area contributed by atoms with Gasteiger partial charge >= 0.3 is 0 Å². The van der Waals surface area contributed by atoms with Gasteiger partial charge in [0, 0.05) is 56.3 Å². The summed E-state index contributed by atoms with van der Waals surface area (Å²) in [6, 6.07) is 63.1. The monoisotopic (exact) mass is 674 g/mol. The van der Waals surface area contributed by atoms with E-state index in [1.165, 1.54) is 21.3 Å². The highest BCUT2D eigenvalue weighted by Gasteiger charge is 2.21. The van der Waals surface area contributed by atoms with E-state index < -0.39 is 8.07 Å². The van der Waals surface area contributed by atoms with Gasteiger partial charge in [-0.25, -0.2) is 0 Å². The summed E-state index contributed by atoms with van der Waals surface area (Å²) in [6.45, 7) is 7.18. The zero-order valence-electron chi connectivity index (χ0n) is 29.0. The summed E-state index contributed by atoms with van der Waals surface area (Å²) in [5.41, 5.74) is 8.41. The molecular formula is C47H38N2OSi. The van der Waals surface area contributed by atoms with E-state index in [2.05, 4.69) is 205 Å². The van der Waals surface area contributed by atoms with Crippen molar-refractivity contribution < 1.29 is 4.42 Å². The molecule has 0 saturated heterocycles. The van der Waals surface area contributed by atoms with E-state index >= 15 is 0 Å². The van der Waals surface area contributed by atoms with Crippen molar-refractivity contribution in [1.29, 1.82) is 0 Å². The van der Waals surface area contributed by atoms with Crippen LogP contribution in [0.1, 0.15) is 0 Å². The molecule has 4 heteroatoms. The second kappa shape index (κ2) is 12.3. The molecule has 0 aliphatic rings. The maximum Gasteiger partial charge on any atom is 0.143 e. The minimum absolute atomic E-state index is 0.874. The van der Waals surface area contributed by atoms with E-state index in [9.17, 15) is 0 Å². The van der Waals surface area contributed by atoms with Gasteiger partial charge in [0.2, 0.25) is 0 Å². The molecule has 9 aromatic rings. The molecular weight excluding hydrogens is 637 g/mol. The highest BCUT2D eigenvalue weighted by molar-refractivity contribution is 6.88. The van der Waals surface area contributed by atoms with Gasteiger partial charge in [0.1, 0.15) is 11.2 Å². The first-order valence-electron chi connectivity index (χ1n) is 17.6. The Balaban J connectivity index is 1.24. The van der Waals surface area contributed by atoms with Crippen LogP contribution in [0.15, 0.2) is 180 Å². The average molecular weight is 675 g/mol. The molecule has 0 N–H and O–H groups in total. The van der Waals surface area contributed by atoms with E-state index in [0.717, 1.165) is 61.4 Å². The number of para-hydroxylation sites is 3. The van der Waals surface area contributed by atoms with Crippen molar-refractivity contribution in [2.45, 2.75) is 19.6 Å². The molecule has 0 saturated carbocycles. The Morgan fingerprint density at radius 1 is 0.373 bits per heavy atom. The topological polar surface area (TPSA) is 19.6 Å². The molecule has 51 heavy (non-hydrogen) atoms. The third-order valence-corrected chi connectivity index (χ3v) is 12.0. The predicted molar refractivity (Wildman–Crippen MR) is 221 cm³/mol. The van der Waals surface area contributed by atoms with Gasteiger partial charge in [0.05, 0.1) is 8.07 Å².